The van der Waals surface area contributed by atoms with E-state index in [4.69, 9.17) is 4.74 Å². The Bertz CT molecular complexity index is 820. The van der Waals surface area contributed by atoms with Gasteiger partial charge in [0, 0.05) is 26.1 Å². The van der Waals surface area contributed by atoms with E-state index in [1.54, 1.807) is 24.0 Å². The first-order valence-electron chi connectivity index (χ1n) is 10.5. The Morgan fingerprint density at radius 1 is 1.13 bits per heavy atom. The molecule has 2 amide bonds. The first-order valence-corrected chi connectivity index (χ1v) is 10.5. The molecular formula is C24H29FN2O3. The van der Waals surface area contributed by atoms with Crippen molar-refractivity contribution >= 4 is 11.8 Å². The van der Waals surface area contributed by atoms with Crippen molar-refractivity contribution in [3.63, 3.8) is 0 Å². The van der Waals surface area contributed by atoms with Crippen molar-refractivity contribution in [2.45, 2.75) is 51.3 Å². The standard InChI is InChI=1S/C24H29FN2O3/c1-18(24(29)26-16-22-8-5-15-30-22)27(17-20-9-12-21(25)13-10-20)23(28)14-11-19-6-3-2-4-7-19/h2-4,6-7,9-10,12-13,18,22H,5,8,11,14-17H2,1H3,(H,26,29)/t18-,22-/m1/s1. The molecule has 0 unspecified atom stereocenters. The van der Waals surface area contributed by atoms with Crippen molar-refractivity contribution < 1.29 is 18.7 Å². The van der Waals surface area contributed by atoms with Crippen molar-refractivity contribution in [2.24, 2.45) is 0 Å². The Balaban J connectivity index is 1.65. The quantitative estimate of drug-likeness (QED) is 0.686. The molecule has 2 aromatic rings. The van der Waals surface area contributed by atoms with Crippen LogP contribution >= 0.6 is 0 Å². The molecule has 2 aromatic carbocycles. The average molecular weight is 413 g/mol. The third-order valence-corrected chi connectivity index (χ3v) is 5.43. The Morgan fingerprint density at radius 3 is 2.53 bits per heavy atom. The molecule has 1 aliphatic rings. The summed E-state index contributed by atoms with van der Waals surface area (Å²) in [7, 11) is 0. The van der Waals surface area contributed by atoms with E-state index in [2.05, 4.69) is 5.32 Å². The van der Waals surface area contributed by atoms with Gasteiger partial charge < -0.3 is 15.0 Å². The summed E-state index contributed by atoms with van der Waals surface area (Å²) in [6, 6.07) is 15.2. The van der Waals surface area contributed by atoms with Crippen LogP contribution in [0, 0.1) is 5.82 Å². The van der Waals surface area contributed by atoms with Crippen molar-refractivity contribution in [3.8, 4) is 0 Å². The van der Waals surface area contributed by atoms with Gasteiger partial charge in [-0.15, -0.1) is 0 Å². The molecule has 0 aromatic heterocycles. The fourth-order valence-electron chi connectivity index (χ4n) is 3.58. The van der Waals surface area contributed by atoms with Crippen LogP contribution in [0.4, 0.5) is 4.39 Å². The maximum absolute atomic E-state index is 13.3. The fraction of sp³-hybridized carbons (Fsp3) is 0.417. The molecule has 160 valence electrons. The van der Waals surface area contributed by atoms with Gasteiger partial charge in [-0.05, 0) is 49.4 Å². The Morgan fingerprint density at radius 2 is 1.87 bits per heavy atom. The van der Waals surface area contributed by atoms with Crippen molar-refractivity contribution in [1.29, 1.82) is 0 Å². The van der Waals surface area contributed by atoms with Gasteiger partial charge in [0.25, 0.3) is 0 Å². The summed E-state index contributed by atoms with van der Waals surface area (Å²) in [6.07, 6.45) is 2.88. The van der Waals surface area contributed by atoms with Gasteiger partial charge in [-0.25, -0.2) is 4.39 Å². The molecule has 0 spiro atoms. The van der Waals surface area contributed by atoms with E-state index in [1.165, 1.54) is 12.1 Å². The van der Waals surface area contributed by atoms with Crippen molar-refractivity contribution in [3.05, 3.63) is 71.5 Å². The van der Waals surface area contributed by atoms with Crippen molar-refractivity contribution in [1.82, 2.24) is 10.2 Å². The number of amides is 2. The van der Waals surface area contributed by atoms with Crippen LogP contribution < -0.4 is 5.32 Å². The predicted octanol–water partition coefficient (Wildman–Crippen LogP) is 3.47. The van der Waals surface area contributed by atoms with Crippen LogP contribution in [0.1, 0.15) is 37.3 Å². The second-order valence-electron chi connectivity index (χ2n) is 7.69. The first-order chi connectivity index (χ1) is 14.5. The van der Waals surface area contributed by atoms with E-state index in [0.29, 0.717) is 19.4 Å². The summed E-state index contributed by atoms with van der Waals surface area (Å²) in [4.78, 5) is 27.4. The zero-order chi connectivity index (χ0) is 21.3. The minimum Gasteiger partial charge on any atom is -0.376 e. The highest BCUT2D eigenvalue weighted by molar-refractivity contribution is 5.87. The smallest absolute Gasteiger partial charge is 0.242 e. The maximum atomic E-state index is 13.3. The van der Waals surface area contributed by atoms with Gasteiger partial charge in [0.15, 0.2) is 0 Å². The summed E-state index contributed by atoms with van der Waals surface area (Å²) in [6.45, 7) is 3.16. The molecule has 30 heavy (non-hydrogen) atoms. The summed E-state index contributed by atoms with van der Waals surface area (Å²) < 4.78 is 18.8. The van der Waals surface area contributed by atoms with E-state index in [-0.39, 0.29) is 30.3 Å². The largest absolute Gasteiger partial charge is 0.376 e. The molecule has 2 atom stereocenters. The number of halogens is 1. The predicted molar refractivity (Wildman–Crippen MR) is 113 cm³/mol. The molecule has 0 radical (unpaired) electrons. The molecule has 1 heterocycles. The number of aryl methyl sites for hydroxylation is 1. The molecule has 1 aliphatic heterocycles. The van der Waals surface area contributed by atoms with Gasteiger partial charge in [-0.2, -0.15) is 0 Å². The summed E-state index contributed by atoms with van der Waals surface area (Å²) in [5.41, 5.74) is 1.85. The number of nitrogens with zero attached hydrogens (tertiary/aromatic N) is 1. The summed E-state index contributed by atoms with van der Waals surface area (Å²) in [5.74, 6) is -0.647. The minimum atomic E-state index is -0.639. The van der Waals surface area contributed by atoms with Crippen LogP contribution in [-0.2, 0) is 27.3 Å². The zero-order valence-corrected chi connectivity index (χ0v) is 17.4. The lowest BCUT2D eigenvalue weighted by Gasteiger charge is -2.29. The van der Waals surface area contributed by atoms with Gasteiger partial charge in [-0.3, -0.25) is 9.59 Å². The second kappa shape index (κ2) is 10.9. The molecule has 3 rings (SSSR count). The minimum absolute atomic E-state index is 0.0421. The number of hydrogen-bond donors (Lipinski definition) is 1. The normalized spacial score (nSPS) is 16.8. The lowest BCUT2D eigenvalue weighted by Crippen LogP contribution is -2.49. The SMILES string of the molecule is C[C@H](C(=O)NC[C@H]1CCCO1)N(Cc1ccc(F)cc1)C(=O)CCc1ccccc1. The van der Waals surface area contributed by atoms with E-state index in [0.717, 1.165) is 30.6 Å². The van der Waals surface area contributed by atoms with Gasteiger partial charge >= 0.3 is 0 Å². The molecule has 0 aliphatic carbocycles. The fourth-order valence-corrected chi connectivity index (χ4v) is 3.58. The monoisotopic (exact) mass is 412 g/mol. The van der Waals surface area contributed by atoms with Gasteiger partial charge in [0.05, 0.1) is 6.10 Å². The van der Waals surface area contributed by atoms with Crippen LogP contribution in [0.5, 0.6) is 0 Å². The number of rotatable bonds is 9. The van der Waals surface area contributed by atoms with Crippen LogP contribution in [-0.4, -0.2) is 42.0 Å². The van der Waals surface area contributed by atoms with Crippen LogP contribution in [0.25, 0.3) is 0 Å². The molecule has 1 saturated heterocycles. The lowest BCUT2D eigenvalue weighted by atomic mass is 10.1. The van der Waals surface area contributed by atoms with E-state index >= 15 is 0 Å². The number of carbonyl (C=O) groups excluding carboxylic acids is 2. The molecular weight excluding hydrogens is 383 g/mol. The summed E-state index contributed by atoms with van der Waals surface area (Å²) in [5, 5.41) is 2.91. The highest BCUT2D eigenvalue weighted by Crippen LogP contribution is 2.15. The number of nitrogens with one attached hydrogen (secondary N) is 1. The molecule has 0 bridgehead atoms. The third-order valence-electron chi connectivity index (χ3n) is 5.43. The van der Waals surface area contributed by atoms with Gasteiger partial charge in [0.2, 0.25) is 11.8 Å². The Kier molecular flexibility index (Phi) is 7.97. The van der Waals surface area contributed by atoms with Crippen molar-refractivity contribution in [2.75, 3.05) is 13.2 Å². The van der Waals surface area contributed by atoms with Crippen LogP contribution in [0.2, 0.25) is 0 Å². The number of ether oxygens (including phenoxy) is 1. The lowest BCUT2D eigenvalue weighted by molar-refractivity contribution is -0.140. The van der Waals surface area contributed by atoms with E-state index in [1.807, 2.05) is 30.3 Å². The third kappa shape index (κ3) is 6.39. The number of benzene rings is 2. The molecule has 5 nitrogen and oxygen atoms in total. The summed E-state index contributed by atoms with van der Waals surface area (Å²) >= 11 is 0. The maximum Gasteiger partial charge on any atom is 0.242 e. The van der Waals surface area contributed by atoms with Crippen LogP contribution in [0.15, 0.2) is 54.6 Å². The molecule has 1 N–H and O–H groups in total. The average Bonchev–Trinajstić information content (AvgIpc) is 3.29. The Labute approximate surface area is 177 Å². The van der Waals surface area contributed by atoms with Crippen LogP contribution in [0.3, 0.4) is 0 Å². The molecule has 6 heteroatoms. The zero-order valence-electron chi connectivity index (χ0n) is 17.4. The highest BCUT2D eigenvalue weighted by Gasteiger charge is 2.27. The first kappa shape index (κ1) is 22.0. The number of carbonyl (C=O) groups is 2. The van der Waals surface area contributed by atoms with Gasteiger partial charge in [0.1, 0.15) is 11.9 Å². The van der Waals surface area contributed by atoms with E-state index < -0.39 is 6.04 Å². The highest BCUT2D eigenvalue weighted by atomic mass is 19.1. The van der Waals surface area contributed by atoms with E-state index in [9.17, 15) is 14.0 Å². The molecule has 0 saturated carbocycles. The molecule has 1 fully saturated rings. The number of hydrogen-bond acceptors (Lipinski definition) is 3. The topological polar surface area (TPSA) is 58.6 Å². The van der Waals surface area contributed by atoms with Gasteiger partial charge in [-0.1, -0.05) is 42.5 Å². The second-order valence-corrected chi connectivity index (χ2v) is 7.69. The Hall–Kier alpha value is -2.73.